The van der Waals surface area contributed by atoms with E-state index in [0.717, 1.165) is 16.9 Å². The van der Waals surface area contributed by atoms with Crippen LogP contribution in [-0.2, 0) is 16.8 Å². The van der Waals surface area contributed by atoms with Gasteiger partial charge in [-0.2, -0.15) is 0 Å². The molecule has 2 amide bonds. The topological polar surface area (TPSA) is 58.6 Å². The van der Waals surface area contributed by atoms with Crippen LogP contribution in [0.15, 0.2) is 42.5 Å². The summed E-state index contributed by atoms with van der Waals surface area (Å²) in [5, 5.41) is 2.83. The number of methoxy groups -OCH3 is 1. The molecule has 0 saturated heterocycles. The highest BCUT2D eigenvalue weighted by atomic mass is 16.5. The first-order valence-corrected chi connectivity index (χ1v) is 9.88. The van der Waals surface area contributed by atoms with E-state index in [4.69, 9.17) is 4.74 Å². The molecule has 2 aromatic carbocycles. The molecule has 156 valence electrons. The van der Waals surface area contributed by atoms with E-state index in [-0.39, 0.29) is 23.7 Å². The van der Waals surface area contributed by atoms with Gasteiger partial charge in [-0.25, -0.2) is 0 Å². The maximum Gasteiger partial charge on any atom is 0.251 e. The van der Waals surface area contributed by atoms with Crippen LogP contribution in [0.2, 0.25) is 0 Å². The summed E-state index contributed by atoms with van der Waals surface area (Å²) in [6.07, 6.45) is 0.246. The zero-order valence-electron chi connectivity index (χ0n) is 18.3. The van der Waals surface area contributed by atoms with E-state index in [1.165, 1.54) is 5.56 Å². The van der Waals surface area contributed by atoms with Crippen LogP contribution in [-0.4, -0.2) is 37.4 Å². The summed E-state index contributed by atoms with van der Waals surface area (Å²) in [7, 11) is 3.39. The zero-order valence-corrected chi connectivity index (χ0v) is 18.3. The SMILES string of the molecule is COc1ccc(C)cc1CN(C)C(=O)CCNC(=O)c1ccc(C(C)(C)C)cc1. The third-order valence-corrected chi connectivity index (χ3v) is 4.91. The van der Waals surface area contributed by atoms with E-state index < -0.39 is 0 Å². The molecule has 5 heteroatoms. The predicted octanol–water partition coefficient (Wildman–Crippen LogP) is 4.08. The lowest BCUT2D eigenvalue weighted by molar-refractivity contribution is -0.130. The minimum absolute atomic E-state index is 0.0306. The molecule has 1 N–H and O–H groups in total. The first-order chi connectivity index (χ1) is 13.6. The molecular weight excluding hydrogens is 364 g/mol. The third kappa shape index (κ3) is 6.34. The maximum absolute atomic E-state index is 12.4. The molecule has 0 heterocycles. The van der Waals surface area contributed by atoms with E-state index in [9.17, 15) is 9.59 Å². The molecular formula is C24H32N2O3. The Bertz CT molecular complexity index is 851. The van der Waals surface area contributed by atoms with Gasteiger partial charge in [0.2, 0.25) is 5.91 Å². The van der Waals surface area contributed by atoms with Gasteiger partial charge in [-0.1, -0.05) is 50.6 Å². The van der Waals surface area contributed by atoms with Gasteiger partial charge in [0.25, 0.3) is 5.91 Å². The molecule has 0 aliphatic rings. The van der Waals surface area contributed by atoms with Crippen molar-refractivity contribution in [2.24, 2.45) is 0 Å². The maximum atomic E-state index is 12.4. The molecule has 0 aromatic heterocycles. The van der Waals surface area contributed by atoms with Gasteiger partial charge in [-0.15, -0.1) is 0 Å². The first-order valence-electron chi connectivity index (χ1n) is 9.88. The van der Waals surface area contributed by atoms with Crippen LogP contribution in [0.3, 0.4) is 0 Å². The Hall–Kier alpha value is -2.82. The molecule has 0 atom stereocenters. The molecule has 0 aliphatic carbocycles. The smallest absolute Gasteiger partial charge is 0.251 e. The van der Waals surface area contributed by atoms with E-state index >= 15 is 0 Å². The van der Waals surface area contributed by atoms with Crippen molar-refractivity contribution in [3.63, 3.8) is 0 Å². The Morgan fingerprint density at radius 3 is 2.31 bits per heavy atom. The lowest BCUT2D eigenvalue weighted by Crippen LogP contribution is -2.32. The van der Waals surface area contributed by atoms with Gasteiger partial charge in [-0.3, -0.25) is 9.59 Å². The summed E-state index contributed by atoms with van der Waals surface area (Å²) in [6.45, 7) is 9.18. The number of rotatable bonds is 7. The monoisotopic (exact) mass is 396 g/mol. The highest BCUT2D eigenvalue weighted by Crippen LogP contribution is 2.22. The highest BCUT2D eigenvalue weighted by Gasteiger charge is 2.15. The number of carbonyl (C=O) groups is 2. The second kappa shape index (κ2) is 9.59. The summed E-state index contributed by atoms with van der Waals surface area (Å²) in [6, 6.07) is 13.5. The van der Waals surface area contributed by atoms with E-state index in [1.807, 2.05) is 49.4 Å². The number of hydrogen-bond donors (Lipinski definition) is 1. The minimum Gasteiger partial charge on any atom is -0.496 e. The number of aryl methyl sites for hydroxylation is 1. The summed E-state index contributed by atoms with van der Waals surface area (Å²) >= 11 is 0. The fraction of sp³-hybridized carbons (Fsp3) is 0.417. The number of nitrogens with zero attached hydrogens (tertiary/aromatic N) is 1. The van der Waals surface area contributed by atoms with E-state index in [1.54, 1.807) is 19.1 Å². The van der Waals surface area contributed by atoms with Gasteiger partial charge in [0.05, 0.1) is 7.11 Å². The predicted molar refractivity (Wildman–Crippen MR) is 116 cm³/mol. The summed E-state index contributed by atoms with van der Waals surface area (Å²) in [5.74, 6) is 0.570. The number of benzene rings is 2. The van der Waals surface area contributed by atoms with Crippen molar-refractivity contribution in [2.75, 3.05) is 20.7 Å². The van der Waals surface area contributed by atoms with Crippen molar-refractivity contribution >= 4 is 11.8 Å². The molecule has 2 rings (SSSR count). The Morgan fingerprint density at radius 2 is 1.72 bits per heavy atom. The summed E-state index contributed by atoms with van der Waals surface area (Å²) in [5.41, 5.74) is 3.91. The molecule has 0 radical (unpaired) electrons. The average molecular weight is 397 g/mol. The van der Waals surface area contributed by atoms with Crippen molar-refractivity contribution in [3.8, 4) is 5.75 Å². The molecule has 2 aromatic rings. The van der Waals surface area contributed by atoms with Gasteiger partial charge in [0.15, 0.2) is 0 Å². The Balaban J connectivity index is 1.86. The normalized spacial score (nSPS) is 11.1. The molecule has 5 nitrogen and oxygen atoms in total. The molecule has 0 saturated carbocycles. The Morgan fingerprint density at radius 1 is 1.07 bits per heavy atom. The third-order valence-electron chi connectivity index (χ3n) is 4.91. The lowest BCUT2D eigenvalue weighted by Gasteiger charge is -2.20. The molecule has 0 bridgehead atoms. The van der Waals surface area contributed by atoms with Gasteiger partial charge in [-0.05, 0) is 36.1 Å². The fourth-order valence-electron chi connectivity index (χ4n) is 3.07. The van der Waals surface area contributed by atoms with Crippen molar-refractivity contribution in [2.45, 2.75) is 46.1 Å². The Labute approximate surface area is 174 Å². The number of nitrogens with one attached hydrogen (secondary N) is 1. The molecule has 0 aliphatic heterocycles. The van der Waals surface area contributed by atoms with Crippen molar-refractivity contribution < 1.29 is 14.3 Å². The van der Waals surface area contributed by atoms with Crippen molar-refractivity contribution in [1.82, 2.24) is 10.2 Å². The van der Waals surface area contributed by atoms with Gasteiger partial charge in [0.1, 0.15) is 5.75 Å². The molecule has 0 fully saturated rings. The van der Waals surface area contributed by atoms with Crippen LogP contribution in [0, 0.1) is 6.92 Å². The van der Waals surface area contributed by atoms with Gasteiger partial charge < -0.3 is 15.0 Å². The molecule has 0 unspecified atom stereocenters. The largest absolute Gasteiger partial charge is 0.496 e. The number of amides is 2. The van der Waals surface area contributed by atoms with Crippen LogP contribution < -0.4 is 10.1 Å². The van der Waals surface area contributed by atoms with Crippen LogP contribution >= 0.6 is 0 Å². The lowest BCUT2D eigenvalue weighted by atomic mass is 9.87. The van der Waals surface area contributed by atoms with Crippen molar-refractivity contribution in [3.05, 3.63) is 64.7 Å². The number of hydrogen-bond acceptors (Lipinski definition) is 3. The number of carbonyl (C=O) groups excluding carboxylic acids is 2. The van der Waals surface area contributed by atoms with Crippen LogP contribution in [0.25, 0.3) is 0 Å². The fourth-order valence-corrected chi connectivity index (χ4v) is 3.07. The Kier molecular flexibility index (Phi) is 7.43. The second-order valence-corrected chi connectivity index (χ2v) is 8.40. The van der Waals surface area contributed by atoms with E-state index in [0.29, 0.717) is 18.7 Å². The van der Waals surface area contributed by atoms with Crippen molar-refractivity contribution in [1.29, 1.82) is 0 Å². The molecule has 29 heavy (non-hydrogen) atoms. The quantitative estimate of drug-likeness (QED) is 0.767. The zero-order chi connectivity index (χ0) is 21.6. The standard InChI is InChI=1S/C24H32N2O3/c1-17-7-12-21(29-6)19(15-17)16-26(5)22(27)13-14-25-23(28)18-8-10-20(11-9-18)24(2,3)4/h7-12,15H,13-14,16H2,1-6H3,(H,25,28). The van der Waals surface area contributed by atoms with Gasteiger partial charge >= 0.3 is 0 Å². The first kappa shape index (κ1) is 22.5. The van der Waals surface area contributed by atoms with Crippen LogP contribution in [0.5, 0.6) is 5.75 Å². The average Bonchev–Trinajstić information content (AvgIpc) is 2.67. The minimum atomic E-state index is -0.165. The van der Waals surface area contributed by atoms with Crippen LogP contribution in [0.1, 0.15) is 54.2 Å². The number of ether oxygens (including phenoxy) is 1. The molecule has 0 spiro atoms. The summed E-state index contributed by atoms with van der Waals surface area (Å²) in [4.78, 5) is 26.4. The highest BCUT2D eigenvalue weighted by molar-refractivity contribution is 5.94. The van der Waals surface area contributed by atoms with Gasteiger partial charge in [0, 0.05) is 37.7 Å². The van der Waals surface area contributed by atoms with Crippen LogP contribution in [0.4, 0.5) is 0 Å². The summed E-state index contributed by atoms with van der Waals surface area (Å²) < 4.78 is 5.38. The second-order valence-electron chi connectivity index (χ2n) is 8.40. The van der Waals surface area contributed by atoms with E-state index in [2.05, 4.69) is 26.1 Å².